The number of likely N-dealkylation sites (N-methyl/N-ethyl adjacent to an activating group) is 1. The van der Waals surface area contributed by atoms with E-state index in [1.807, 2.05) is 0 Å². The molecule has 0 aromatic carbocycles. The zero-order chi connectivity index (χ0) is 12.6. The molecule has 1 unspecified atom stereocenters. The Morgan fingerprint density at radius 1 is 1.62 bits per heavy atom. The monoisotopic (exact) mass is 230 g/mol. The first-order valence-electron chi connectivity index (χ1n) is 4.94. The van der Waals surface area contributed by atoms with Crippen LogP contribution in [0, 0.1) is 0 Å². The van der Waals surface area contributed by atoms with Crippen LogP contribution in [0.3, 0.4) is 0 Å². The number of nitrogens with zero attached hydrogens (tertiary/aromatic N) is 1. The third kappa shape index (κ3) is 4.79. The number of urea groups is 1. The molecule has 0 saturated heterocycles. The van der Waals surface area contributed by atoms with Gasteiger partial charge in [-0.1, -0.05) is 6.08 Å². The quantitative estimate of drug-likeness (QED) is 0.617. The van der Waals surface area contributed by atoms with Crippen molar-refractivity contribution in [2.75, 3.05) is 26.8 Å². The van der Waals surface area contributed by atoms with E-state index in [0.717, 1.165) is 0 Å². The summed E-state index contributed by atoms with van der Waals surface area (Å²) in [5, 5.41) is 11.2. The maximum Gasteiger partial charge on any atom is 0.328 e. The Balaban J connectivity index is 4.36. The average Bonchev–Trinajstić information content (AvgIpc) is 2.24. The Bertz CT molecular complexity index is 255. The van der Waals surface area contributed by atoms with Gasteiger partial charge >= 0.3 is 12.0 Å². The van der Waals surface area contributed by atoms with Gasteiger partial charge in [-0.25, -0.2) is 9.59 Å². The first kappa shape index (κ1) is 14.4. The Morgan fingerprint density at radius 3 is 2.62 bits per heavy atom. The first-order valence-corrected chi connectivity index (χ1v) is 4.94. The number of carbonyl (C=O) groups excluding carboxylic acids is 1. The number of nitrogens with one attached hydrogen (secondary N) is 1. The van der Waals surface area contributed by atoms with Crippen LogP contribution in [0.5, 0.6) is 0 Å². The highest BCUT2D eigenvalue weighted by Gasteiger charge is 2.21. The standard InChI is InChI=1S/C10H18N2O4/c1-4-6-12(5-2)10(15)11-8(7-16-3)9(13)14/h4,8H,1,5-7H2,2-3H3,(H,11,15)(H,13,14). The number of ether oxygens (including phenoxy) is 1. The van der Waals surface area contributed by atoms with Crippen molar-refractivity contribution in [1.82, 2.24) is 10.2 Å². The van der Waals surface area contributed by atoms with Crippen LogP contribution < -0.4 is 5.32 Å². The molecule has 2 N–H and O–H groups in total. The first-order chi connectivity index (χ1) is 7.56. The van der Waals surface area contributed by atoms with Gasteiger partial charge in [-0.05, 0) is 6.92 Å². The van der Waals surface area contributed by atoms with Crippen LogP contribution in [-0.2, 0) is 9.53 Å². The summed E-state index contributed by atoms with van der Waals surface area (Å²) in [4.78, 5) is 23.8. The second-order valence-electron chi connectivity index (χ2n) is 3.12. The highest BCUT2D eigenvalue weighted by molar-refractivity contribution is 5.82. The third-order valence-corrected chi connectivity index (χ3v) is 1.95. The Hall–Kier alpha value is -1.56. The number of carboxylic acid groups (broad SMARTS) is 1. The lowest BCUT2D eigenvalue weighted by Gasteiger charge is -2.22. The predicted octanol–water partition coefficient (Wildman–Crippen LogP) is 0.303. The maximum atomic E-state index is 11.6. The molecule has 6 nitrogen and oxygen atoms in total. The van der Waals surface area contributed by atoms with Crippen molar-refractivity contribution in [3.8, 4) is 0 Å². The van der Waals surface area contributed by atoms with E-state index >= 15 is 0 Å². The zero-order valence-electron chi connectivity index (χ0n) is 9.60. The van der Waals surface area contributed by atoms with E-state index in [4.69, 9.17) is 9.84 Å². The molecule has 0 spiro atoms. The summed E-state index contributed by atoms with van der Waals surface area (Å²) in [7, 11) is 1.38. The minimum Gasteiger partial charge on any atom is -0.480 e. The van der Waals surface area contributed by atoms with E-state index in [2.05, 4.69) is 11.9 Å². The summed E-state index contributed by atoms with van der Waals surface area (Å²) in [6.07, 6.45) is 1.58. The van der Waals surface area contributed by atoms with Gasteiger partial charge in [-0.3, -0.25) is 0 Å². The minimum absolute atomic E-state index is 0.0628. The van der Waals surface area contributed by atoms with Gasteiger partial charge in [0.1, 0.15) is 0 Å². The van der Waals surface area contributed by atoms with Crippen molar-refractivity contribution in [3.63, 3.8) is 0 Å². The van der Waals surface area contributed by atoms with Gasteiger partial charge in [-0.15, -0.1) is 6.58 Å². The minimum atomic E-state index is -1.12. The van der Waals surface area contributed by atoms with E-state index in [1.165, 1.54) is 12.0 Å². The van der Waals surface area contributed by atoms with Crippen molar-refractivity contribution < 1.29 is 19.4 Å². The molecule has 0 radical (unpaired) electrons. The molecule has 0 aliphatic heterocycles. The summed E-state index contributed by atoms with van der Waals surface area (Å²) >= 11 is 0. The number of rotatable bonds is 7. The van der Waals surface area contributed by atoms with Crippen LogP contribution in [0.25, 0.3) is 0 Å². The molecule has 16 heavy (non-hydrogen) atoms. The number of carbonyl (C=O) groups is 2. The SMILES string of the molecule is C=CCN(CC)C(=O)NC(COC)C(=O)O. The van der Waals surface area contributed by atoms with Crippen molar-refractivity contribution in [2.45, 2.75) is 13.0 Å². The van der Waals surface area contributed by atoms with Crippen LogP contribution in [0.2, 0.25) is 0 Å². The molecule has 0 rings (SSSR count). The van der Waals surface area contributed by atoms with E-state index in [9.17, 15) is 9.59 Å². The molecule has 6 heteroatoms. The Labute approximate surface area is 94.9 Å². The molecular formula is C10H18N2O4. The predicted molar refractivity (Wildman–Crippen MR) is 59.3 cm³/mol. The second kappa shape index (κ2) is 7.70. The van der Waals surface area contributed by atoms with Crippen molar-refractivity contribution >= 4 is 12.0 Å². The fourth-order valence-corrected chi connectivity index (χ4v) is 1.09. The molecule has 0 heterocycles. The van der Waals surface area contributed by atoms with Crippen LogP contribution in [-0.4, -0.2) is 54.9 Å². The summed E-state index contributed by atoms with van der Waals surface area (Å²) in [6.45, 7) is 6.12. The molecule has 0 fully saturated rings. The Kier molecular flexibility index (Phi) is 6.95. The molecule has 0 aromatic heterocycles. The van der Waals surface area contributed by atoms with Crippen LogP contribution in [0.1, 0.15) is 6.92 Å². The molecular weight excluding hydrogens is 212 g/mol. The lowest BCUT2D eigenvalue weighted by molar-refractivity contribution is -0.140. The number of carboxylic acids is 1. The maximum absolute atomic E-state index is 11.6. The summed E-state index contributed by atoms with van der Waals surface area (Å²) in [6, 6.07) is -1.47. The number of aliphatic carboxylic acids is 1. The highest BCUT2D eigenvalue weighted by Crippen LogP contribution is 1.93. The lowest BCUT2D eigenvalue weighted by Crippen LogP contribution is -2.49. The number of hydrogen-bond acceptors (Lipinski definition) is 3. The molecule has 0 bridgehead atoms. The van der Waals surface area contributed by atoms with Crippen molar-refractivity contribution in [1.29, 1.82) is 0 Å². The second-order valence-corrected chi connectivity index (χ2v) is 3.12. The van der Waals surface area contributed by atoms with Gasteiger partial charge in [0.2, 0.25) is 0 Å². The van der Waals surface area contributed by atoms with Crippen LogP contribution >= 0.6 is 0 Å². The van der Waals surface area contributed by atoms with E-state index in [-0.39, 0.29) is 6.61 Å². The number of methoxy groups -OCH3 is 1. The summed E-state index contributed by atoms with van der Waals surface area (Å²) in [5.74, 6) is -1.12. The van der Waals surface area contributed by atoms with Gasteiger partial charge in [-0.2, -0.15) is 0 Å². The van der Waals surface area contributed by atoms with Crippen molar-refractivity contribution in [2.24, 2.45) is 0 Å². The molecule has 2 amide bonds. The van der Waals surface area contributed by atoms with Gasteiger partial charge < -0.3 is 20.1 Å². The summed E-state index contributed by atoms with van der Waals surface area (Å²) in [5.41, 5.74) is 0. The van der Waals surface area contributed by atoms with Gasteiger partial charge in [0.15, 0.2) is 6.04 Å². The number of amides is 2. The molecule has 1 atom stereocenters. The molecule has 0 aliphatic rings. The smallest absolute Gasteiger partial charge is 0.328 e. The van der Waals surface area contributed by atoms with E-state index < -0.39 is 18.0 Å². The van der Waals surface area contributed by atoms with Crippen LogP contribution in [0.4, 0.5) is 4.79 Å². The highest BCUT2D eigenvalue weighted by atomic mass is 16.5. The molecule has 0 aromatic rings. The topological polar surface area (TPSA) is 78.9 Å². The fraction of sp³-hybridized carbons (Fsp3) is 0.600. The molecule has 0 saturated carbocycles. The largest absolute Gasteiger partial charge is 0.480 e. The summed E-state index contributed by atoms with van der Waals surface area (Å²) < 4.78 is 4.71. The van der Waals surface area contributed by atoms with Gasteiger partial charge in [0.25, 0.3) is 0 Å². The fourth-order valence-electron chi connectivity index (χ4n) is 1.09. The average molecular weight is 230 g/mol. The van der Waals surface area contributed by atoms with E-state index in [1.54, 1.807) is 13.0 Å². The van der Waals surface area contributed by atoms with Crippen LogP contribution in [0.15, 0.2) is 12.7 Å². The number of hydrogen-bond donors (Lipinski definition) is 2. The lowest BCUT2D eigenvalue weighted by atomic mass is 10.3. The van der Waals surface area contributed by atoms with Crippen molar-refractivity contribution in [3.05, 3.63) is 12.7 Å². The van der Waals surface area contributed by atoms with Gasteiger partial charge in [0.05, 0.1) is 6.61 Å². The normalized spacial score (nSPS) is 11.6. The molecule has 92 valence electrons. The van der Waals surface area contributed by atoms with E-state index in [0.29, 0.717) is 13.1 Å². The third-order valence-electron chi connectivity index (χ3n) is 1.95. The molecule has 0 aliphatic carbocycles. The van der Waals surface area contributed by atoms with Gasteiger partial charge in [0, 0.05) is 20.2 Å². The zero-order valence-corrected chi connectivity index (χ0v) is 9.60. The Morgan fingerprint density at radius 2 is 2.25 bits per heavy atom.